The molecule has 0 radical (unpaired) electrons. The fraction of sp³-hybridized carbons (Fsp3) is 0.150. The lowest BCUT2D eigenvalue weighted by Crippen LogP contribution is -2.00. The van der Waals surface area contributed by atoms with Gasteiger partial charge in [0.1, 0.15) is 0 Å². The van der Waals surface area contributed by atoms with E-state index in [-0.39, 0.29) is 6.42 Å². The number of hydrogen-bond acceptors (Lipinski definition) is 1. The molecule has 2 aromatic carbocycles. The van der Waals surface area contributed by atoms with Gasteiger partial charge in [-0.05, 0) is 23.4 Å². The minimum absolute atomic E-state index is 0.134. The quantitative estimate of drug-likeness (QED) is 0.587. The summed E-state index contributed by atoms with van der Waals surface area (Å²) in [6.07, 6.45) is 3.30. The van der Waals surface area contributed by atoms with Crippen molar-refractivity contribution in [3.63, 3.8) is 0 Å². The van der Waals surface area contributed by atoms with Gasteiger partial charge in [-0.25, -0.2) is 0 Å². The third kappa shape index (κ3) is 2.56. The number of para-hydroxylation sites is 2. The van der Waals surface area contributed by atoms with Crippen molar-refractivity contribution >= 4 is 27.8 Å². The number of fused-ring (bicyclic) bond motifs is 2. The Bertz CT molecular complexity index is 1030. The number of carboxylic acid groups (broad SMARTS) is 1. The second-order valence-corrected chi connectivity index (χ2v) is 6.00. The number of carbonyl (C=O) groups is 1. The van der Waals surface area contributed by atoms with Crippen LogP contribution in [0.15, 0.2) is 54.7 Å². The average Bonchev–Trinajstić information content (AvgIpc) is 3.15. The molecule has 4 nitrogen and oxygen atoms in total. The summed E-state index contributed by atoms with van der Waals surface area (Å²) in [5, 5.41) is 11.3. The molecular weight excluding hydrogens is 300 g/mol. The van der Waals surface area contributed by atoms with E-state index in [0.717, 1.165) is 45.0 Å². The van der Waals surface area contributed by atoms with Crippen molar-refractivity contribution in [2.45, 2.75) is 19.3 Å². The molecule has 0 bridgehead atoms. The summed E-state index contributed by atoms with van der Waals surface area (Å²) < 4.78 is 0. The number of H-pyrrole nitrogens is 1. The molecule has 0 amide bonds. The lowest BCUT2D eigenvalue weighted by Gasteiger charge is -2.05. The molecule has 2 N–H and O–H groups in total. The molecule has 0 aliphatic heterocycles. The number of hydrogen-bond donors (Lipinski definition) is 2. The topological polar surface area (TPSA) is 67.2 Å². The van der Waals surface area contributed by atoms with Crippen molar-refractivity contribution in [3.8, 4) is 0 Å². The Morgan fingerprint density at radius 2 is 1.79 bits per heavy atom. The van der Waals surface area contributed by atoms with Gasteiger partial charge in [-0.1, -0.05) is 48.0 Å². The maximum Gasteiger partial charge on any atom is 0.303 e. The molecule has 0 saturated heterocycles. The van der Waals surface area contributed by atoms with E-state index in [1.807, 2.05) is 48.7 Å². The maximum absolute atomic E-state index is 11.0. The molecule has 0 aliphatic rings. The Hall–Kier alpha value is -3.01. The summed E-state index contributed by atoms with van der Waals surface area (Å²) in [7, 11) is 0. The summed E-state index contributed by atoms with van der Waals surface area (Å²) in [6, 6.07) is 16.2. The molecular formula is C20H17N2O2-. The summed E-state index contributed by atoms with van der Waals surface area (Å²) in [6.45, 7) is 0. The van der Waals surface area contributed by atoms with E-state index in [1.54, 1.807) is 0 Å². The van der Waals surface area contributed by atoms with Gasteiger partial charge in [0, 0.05) is 29.4 Å². The Kier molecular flexibility index (Phi) is 3.58. The van der Waals surface area contributed by atoms with Crippen LogP contribution in [-0.2, 0) is 17.6 Å². The van der Waals surface area contributed by atoms with Crippen LogP contribution in [0, 0.1) is 0 Å². The normalized spacial score (nSPS) is 11.3. The zero-order valence-electron chi connectivity index (χ0n) is 13.1. The Morgan fingerprint density at radius 3 is 2.62 bits per heavy atom. The predicted molar refractivity (Wildman–Crippen MR) is 94.3 cm³/mol. The number of aromatic amines is 1. The first-order valence-corrected chi connectivity index (χ1v) is 8.02. The Balaban J connectivity index is 1.77. The van der Waals surface area contributed by atoms with Gasteiger partial charge in [0.15, 0.2) is 0 Å². The van der Waals surface area contributed by atoms with Crippen LogP contribution in [0.25, 0.3) is 21.8 Å². The van der Waals surface area contributed by atoms with Crippen LogP contribution in [-0.4, -0.2) is 16.1 Å². The molecule has 0 unspecified atom stereocenters. The van der Waals surface area contributed by atoms with Crippen molar-refractivity contribution < 1.29 is 9.90 Å². The predicted octanol–water partition coefficient (Wildman–Crippen LogP) is 3.89. The zero-order chi connectivity index (χ0) is 16.5. The molecule has 4 aromatic rings. The summed E-state index contributed by atoms with van der Waals surface area (Å²) >= 11 is 0. The molecule has 2 aromatic heterocycles. The molecule has 0 aliphatic carbocycles. The first-order chi connectivity index (χ1) is 11.7. The highest BCUT2D eigenvalue weighted by Crippen LogP contribution is 2.27. The minimum atomic E-state index is -0.772. The van der Waals surface area contributed by atoms with Gasteiger partial charge in [-0.3, -0.25) is 4.79 Å². The average molecular weight is 317 g/mol. The Morgan fingerprint density at radius 1 is 1.04 bits per heavy atom. The van der Waals surface area contributed by atoms with E-state index in [4.69, 9.17) is 5.11 Å². The molecule has 4 heteroatoms. The lowest BCUT2D eigenvalue weighted by molar-refractivity contribution is -0.136. The number of rotatable bonds is 5. The van der Waals surface area contributed by atoms with E-state index in [2.05, 4.69) is 16.0 Å². The fourth-order valence-electron chi connectivity index (χ4n) is 3.33. The second kappa shape index (κ2) is 5.89. The van der Waals surface area contributed by atoms with Crippen LogP contribution in [0.3, 0.4) is 0 Å². The van der Waals surface area contributed by atoms with Gasteiger partial charge in [-0.2, -0.15) is 6.20 Å². The van der Waals surface area contributed by atoms with Gasteiger partial charge in [0.05, 0.1) is 0 Å². The van der Waals surface area contributed by atoms with Crippen molar-refractivity contribution in [2.24, 2.45) is 0 Å². The van der Waals surface area contributed by atoms with E-state index in [1.165, 1.54) is 0 Å². The van der Waals surface area contributed by atoms with Crippen LogP contribution in [0.2, 0.25) is 0 Å². The van der Waals surface area contributed by atoms with Crippen molar-refractivity contribution in [3.05, 3.63) is 71.5 Å². The summed E-state index contributed by atoms with van der Waals surface area (Å²) in [5.41, 5.74) is 5.38. The number of nitrogens with one attached hydrogen (secondary N) is 1. The number of nitrogens with zero attached hydrogens (tertiary/aromatic N) is 1. The molecule has 0 atom stereocenters. The zero-order valence-corrected chi connectivity index (χ0v) is 13.1. The van der Waals surface area contributed by atoms with Gasteiger partial charge >= 0.3 is 5.97 Å². The van der Waals surface area contributed by atoms with Gasteiger partial charge in [-0.15, -0.1) is 5.52 Å². The fourth-order valence-corrected chi connectivity index (χ4v) is 3.33. The maximum atomic E-state index is 11.0. The number of carboxylic acids is 1. The van der Waals surface area contributed by atoms with E-state index >= 15 is 0 Å². The number of aryl methyl sites for hydroxylation is 1. The SMILES string of the molecule is O=C(O)CCc1c(Cc2c[n-]c3ccccc23)[nH]c2ccccc12. The third-order valence-electron chi connectivity index (χ3n) is 4.47. The van der Waals surface area contributed by atoms with Crippen LogP contribution in [0.4, 0.5) is 0 Å². The number of benzene rings is 2. The molecule has 24 heavy (non-hydrogen) atoms. The molecule has 0 fully saturated rings. The van der Waals surface area contributed by atoms with Crippen LogP contribution >= 0.6 is 0 Å². The van der Waals surface area contributed by atoms with E-state index < -0.39 is 5.97 Å². The van der Waals surface area contributed by atoms with E-state index in [9.17, 15) is 4.79 Å². The summed E-state index contributed by atoms with van der Waals surface area (Å²) in [5.74, 6) is -0.772. The number of aromatic nitrogens is 2. The standard InChI is InChI=1S/C20H17N2O2/c23-20(24)10-9-16-15-6-2-4-8-18(15)22-19(16)11-13-12-21-17-7-3-1-5-14(13)17/h1-8,12,22H,9-11H2,(H,23,24)/q-1. The molecule has 2 heterocycles. The Labute approximate surface area is 139 Å². The smallest absolute Gasteiger partial charge is 0.303 e. The monoisotopic (exact) mass is 317 g/mol. The first kappa shape index (κ1) is 14.6. The van der Waals surface area contributed by atoms with Gasteiger partial charge in [0.25, 0.3) is 0 Å². The van der Waals surface area contributed by atoms with Crippen LogP contribution in [0.1, 0.15) is 23.2 Å². The van der Waals surface area contributed by atoms with Gasteiger partial charge in [0.2, 0.25) is 0 Å². The van der Waals surface area contributed by atoms with Crippen LogP contribution in [0.5, 0.6) is 0 Å². The van der Waals surface area contributed by atoms with Crippen LogP contribution < -0.4 is 4.98 Å². The molecule has 120 valence electrons. The highest BCUT2D eigenvalue weighted by Gasteiger charge is 2.13. The minimum Gasteiger partial charge on any atom is -0.663 e. The van der Waals surface area contributed by atoms with Crippen molar-refractivity contribution in [2.75, 3.05) is 0 Å². The lowest BCUT2D eigenvalue weighted by atomic mass is 10.0. The molecule has 4 rings (SSSR count). The highest BCUT2D eigenvalue weighted by atomic mass is 16.4. The van der Waals surface area contributed by atoms with Gasteiger partial charge < -0.3 is 15.1 Å². The van der Waals surface area contributed by atoms with Crippen molar-refractivity contribution in [1.82, 2.24) is 9.97 Å². The van der Waals surface area contributed by atoms with E-state index in [0.29, 0.717) is 6.42 Å². The first-order valence-electron chi connectivity index (χ1n) is 8.02. The van der Waals surface area contributed by atoms with Crippen molar-refractivity contribution in [1.29, 1.82) is 0 Å². The number of aliphatic carboxylic acids is 1. The third-order valence-corrected chi connectivity index (χ3v) is 4.47. The second-order valence-electron chi connectivity index (χ2n) is 6.00. The largest absolute Gasteiger partial charge is 0.663 e. The highest BCUT2D eigenvalue weighted by molar-refractivity contribution is 5.87. The molecule has 0 spiro atoms. The summed E-state index contributed by atoms with van der Waals surface area (Å²) in [4.78, 5) is 18.9. The molecule has 0 saturated carbocycles.